The largest absolute Gasteiger partial charge is 0.480 e. The van der Waals surface area contributed by atoms with Crippen LogP contribution in [0.1, 0.15) is 26.7 Å². The van der Waals surface area contributed by atoms with Crippen LogP contribution in [0.25, 0.3) is 0 Å². The number of rotatable bonds is 4. The van der Waals surface area contributed by atoms with Gasteiger partial charge in [-0.15, -0.1) is 0 Å². The van der Waals surface area contributed by atoms with Crippen LogP contribution < -0.4 is 5.32 Å². The molecule has 1 saturated heterocycles. The van der Waals surface area contributed by atoms with Gasteiger partial charge in [0.05, 0.1) is 0 Å². The number of aliphatic carboxylic acids is 1. The van der Waals surface area contributed by atoms with Gasteiger partial charge < -0.3 is 20.2 Å². The Morgan fingerprint density at radius 2 is 2.11 bits per heavy atom. The molecule has 0 aromatic rings. The van der Waals surface area contributed by atoms with Crippen molar-refractivity contribution in [1.82, 2.24) is 15.1 Å². The molecule has 0 radical (unpaired) electrons. The predicted molar refractivity (Wildman–Crippen MR) is 68.7 cm³/mol. The summed E-state index contributed by atoms with van der Waals surface area (Å²) < 4.78 is 0. The molecule has 1 aliphatic rings. The fraction of sp³-hybridized carbons (Fsp3) is 0.750. The number of hydrogen-bond acceptors (Lipinski definition) is 3. The average molecular weight is 271 g/mol. The van der Waals surface area contributed by atoms with Crippen molar-refractivity contribution in [3.05, 3.63) is 0 Å². The lowest BCUT2D eigenvalue weighted by Gasteiger charge is -2.25. The van der Waals surface area contributed by atoms with E-state index in [-0.39, 0.29) is 5.91 Å². The fourth-order valence-corrected chi connectivity index (χ4v) is 2.08. The van der Waals surface area contributed by atoms with Crippen LogP contribution >= 0.6 is 0 Å². The van der Waals surface area contributed by atoms with Gasteiger partial charge in [-0.1, -0.05) is 0 Å². The molecule has 1 rings (SSSR count). The van der Waals surface area contributed by atoms with E-state index >= 15 is 0 Å². The first-order chi connectivity index (χ1) is 8.88. The summed E-state index contributed by atoms with van der Waals surface area (Å²) in [6.07, 6.45) is 1.13. The summed E-state index contributed by atoms with van der Waals surface area (Å²) in [6, 6.07) is -1.94. The van der Waals surface area contributed by atoms with Crippen LogP contribution in [0.3, 0.4) is 0 Å². The number of likely N-dealkylation sites (tertiary alicyclic amines) is 1. The topological polar surface area (TPSA) is 90.0 Å². The molecule has 3 amide bonds. The highest BCUT2D eigenvalue weighted by Gasteiger charge is 2.35. The van der Waals surface area contributed by atoms with Crippen molar-refractivity contribution >= 4 is 17.9 Å². The molecule has 0 aromatic carbocycles. The van der Waals surface area contributed by atoms with Gasteiger partial charge in [0.2, 0.25) is 5.91 Å². The van der Waals surface area contributed by atoms with E-state index in [2.05, 4.69) is 5.32 Å². The molecule has 0 spiro atoms. The van der Waals surface area contributed by atoms with Crippen molar-refractivity contribution in [3.8, 4) is 0 Å². The Balaban J connectivity index is 2.59. The van der Waals surface area contributed by atoms with E-state index in [1.165, 1.54) is 9.80 Å². The van der Waals surface area contributed by atoms with Gasteiger partial charge in [0.15, 0.2) is 0 Å². The van der Waals surface area contributed by atoms with Crippen molar-refractivity contribution in [2.24, 2.45) is 0 Å². The van der Waals surface area contributed by atoms with Crippen LogP contribution in [0.2, 0.25) is 0 Å². The molecular weight excluding hydrogens is 250 g/mol. The quantitative estimate of drug-likeness (QED) is 0.759. The first-order valence-corrected chi connectivity index (χ1v) is 6.43. The first kappa shape index (κ1) is 15.3. The Morgan fingerprint density at radius 1 is 1.47 bits per heavy atom. The van der Waals surface area contributed by atoms with Gasteiger partial charge in [0, 0.05) is 20.1 Å². The van der Waals surface area contributed by atoms with E-state index in [9.17, 15) is 14.4 Å². The molecule has 0 saturated carbocycles. The normalized spacial score (nSPS) is 19.9. The van der Waals surface area contributed by atoms with Gasteiger partial charge in [0.25, 0.3) is 0 Å². The summed E-state index contributed by atoms with van der Waals surface area (Å²) in [5, 5.41) is 11.6. The van der Waals surface area contributed by atoms with Gasteiger partial charge in [-0.3, -0.25) is 4.79 Å². The summed E-state index contributed by atoms with van der Waals surface area (Å²) in [6.45, 7) is 4.40. The Bertz CT molecular complexity index is 372. The lowest BCUT2D eigenvalue weighted by molar-refractivity contribution is -0.141. The number of nitrogens with one attached hydrogen (secondary N) is 1. The van der Waals surface area contributed by atoms with Crippen molar-refractivity contribution in [2.45, 2.75) is 38.8 Å². The smallest absolute Gasteiger partial charge is 0.326 e. The molecule has 2 unspecified atom stereocenters. The molecule has 7 nitrogen and oxygen atoms in total. The molecule has 1 aliphatic heterocycles. The number of hydrogen-bond donors (Lipinski definition) is 2. The Labute approximate surface area is 112 Å². The Hall–Kier alpha value is -1.79. The van der Waals surface area contributed by atoms with Gasteiger partial charge in [-0.25, -0.2) is 9.59 Å². The average Bonchev–Trinajstić information content (AvgIpc) is 2.86. The molecule has 7 heteroatoms. The van der Waals surface area contributed by atoms with Gasteiger partial charge in [0.1, 0.15) is 12.1 Å². The zero-order valence-electron chi connectivity index (χ0n) is 11.5. The van der Waals surface area contributed by atoms with Crippen LogP contribution in [0.4, 0.5) is 4.79 Å². The molecule has 19 heavy (non-hydrogen) atoms. The van der Waals surface area contributed by atoms with E-state index < -0.39 is 24.1 Å². The summed E-state index contributed by atoms with van der Waals surface area (Å²) in [5.41, 5.74) is 0. The van der Waals surface area contributed by atoms with Crippen LogP contribution in [0.15, 0.2) is 0 Å². The van der Waals surface area contributed by atoms with Crippen molar-refractivity contribution in [3.63, 3.8) is 0 Å². The molecule has 1 heterocycles. The summed E-state index contributed by atoms with van der Waals surface area (Å²) >= 11 is 0. The molecule has 108 valence electrons. The molecule has 0 aliphatic carbocycles. The van der Waals surface area contributed by atoms with E-state index in [0.29, 0.717) is 25.9 Å². The maximum Gasteiger partial charge on any atom is 0.326 e. The minimum Gasteiger partial charge on any atom is -0.480 e. The van der Waals surface area contributed by atoms with E-state index in [4.69, 9.17) is 5.11 Å². The summed E-state index contributed by atoms with van der Waals surface area (Å²) in [7, 11) is 1.65. The minimum absolute atomic E-state index is 0.193. The summed E-state index contributed by atoms with van der Waals surface area (Å²) in [5.74, 6) is -1.20. The second kappa shape index (κ2) is 6.40. The van der Waals surface area contributed by atoms with Gasteiger partial charge in [-0.05, 0) is 26.7 Å². The SMILES string of the molecule is CCN(C)C(=O)C(C)NC(=O)N1CCCC1C(=O)O. The maximum absolute atomic E-state index is 12.0. The molecule has 0 aromatic heterocycles. The molecule has 1 fully saturated rings. The highest BCUT2D eigenvalue weighted by molar-refractivity contribution is 5.88. The molecule has 2 N–H and O–H groups in total. The van der Waals surface area contributed by atoms with E-state index in [1.807, 2.05) is 6.92 Å². The highest BCUT2D eigenvalue weighted by atomic mass is 16.4. The number of carbonyl (C=O) groups excluding carboxylic acids is 2. The third-order valence-electron chi connectivity index (χ3n) is 3.36. The summed E-state index contributed by atoms with van der Waals surface area (Å²) in [4.78, 5) is 37.6. The number of carboxylic acids is 1. The van der Waals surface area contributed by atoms with E-state index in [1.54, 1.807) is 14.0 Å². The zero-order valence-corrected chi connectivity index (χ0v) is 11.5. The van der Waals surface area contributed by atoms with Crippen LogP contribution in [0.5, 0.6) is 0 Å². The van der Waals surface area contributed by atoms with Gasteiger partial charge in [-0.2, -0.15) is 0 Å². The number of amides is 3. The van der Waals surface area contributed by atoms with Crippen molar-refractivity contribution in [2.75, 3.05) is 20.1 Å². The predicted octanol–water partition coefficient (Wildman–Crippen LogP) is 0.112. The second-order valence-electron chi connectivity index (χ2n) is 4.71. The van der Waals surface area contributed by atoms with Crippen LogP contribution in [-0.4, -0.2) is 65.0 Å². The number of carbonyl (C=O) groups is 3. The standard InChI is InChI=1S/C12H21N3O4/c1-4-14(3)10(16)8(2)13-12(19)15-7-5-6-9(15)11(17)18/h8-9H,4-7H2,1-3H3,(H,13,19)(H,17,18). The Kier molecular flexibility index (Phi) is 5.14. The third-order valence-corrected chi connectivity index (χ3v) is 3.36. The number of urea groups is 1. The van der Waals surface area contributed by atoms with Gasteiger partial charge >= 0.3 is 12.0 Å². The third kappa shape index (κ3) is 3.59. The van der Waals surface area contributed by atoms with Crippen molar-refractivity contribution in [1.29, 1.82) is 0 Å². The minimum atomic E-state index is -1.00. The molecule has 2 atom stereocenters. The van der Waals surface area contributed by atoms with E-state index in [0.717, 1.165) is 0 Å². The number of likely N-dealkylation sites (N-methyl/N-ethyl adjacent to an activating group) is 1. The fourth-order valence-electron chi connectivity index (χ4n) is 2.08. The lowest BCUT2D eigenvalue weighted by Crippen LogP contribution is -2.52. The monoisotopic (exact) mass is 271 g/mol. The van der Waals surface area contributed by atoms with Crippen molar-refractivity contribution < 1.29 is 19.5 Å². The Morgan fingerprint density at radius 3 is 2.63 bits per heavy atom. The lowest BCUT2D eigenvalue weighted by atomic mass is 10.2. The van der Waals surface area contributed by atoms with Crippen LogP contribution in [-0.2, 0) is 9.59 Å². The zero-order chi connectivity index (χ0) is 14.6. The number of nitrogens with zero attached hydrogens (tertiary/aromatic N) is 2. The molecule has 0 bridgehead atoms. The maximum atomic E-state index is 12.0. The second-order valence-corrected chi connectivity index (χ2v) is 4.71. The van der Waals surface area contributed by atoms with Crippen LogP contribution in [0, 0.1) is 0 Å². The molecular formula is C12H21N3O4. The first-order valence-electron chi connectivity index (χ1n) is 6.43. The highest BCUT2D eigenvalue weighted by Crippen LogP contribution is 2.17. The number of carboxylic acid groups (broad SMARTS) is 1.